The quantitative estimate of drug-likeness (QED) is 0.402. The van der Waals surface area contributed by atoms with Crippen LogP contribution in [-0.2, 0) is 6.61 Å². The molecule has 0 saturated heterocycles. The van der Waals surface area contributed by atoms with Crippen LogP contribution in [0.5, 0.6) is 0 Å². The first-order chi connectivity index (χ1) is 10.3. The van der Waals surface area contributed by atoms with Crippen LogP contribution < -0.4 is 0 Å². The van der Waals surface area contributed by atoms with Gasteiger partial charge in [0.2, 0.25) is 0 Å². The maximum absolute atomic E-state index is 9.43. The molecule has 3 heterocycles. The van der Waals surface area contributed by atoms with E-state index in [1.165, 1.54) is 40.3 Å². The first-order valence-electron chi connectivity index (χ1n) is 6.70. The Morgan fingerprint density at radius 1 is 0.762 bits per heavy atom. The average Bonchev–Trinajstić information content (AvgIpc) is 3.20. The predicted octanol–water partition coefficient (Wildman–Crippen LogP) is 5.98. The number of rotatable bonds is 1. The highest BCUT2D eigenvalue weighted by molar-refractivity contribution is 7.27. The summed E-state index contributed by atoms with van der Waals surface area (Å²) in [4.78, 5) is 1.04. The van der Waals surface area contributed by atoms with Crippen LogP contribution in [0.4, 0.5) is 0 Å². The summed E-state index contributed by atoms with van der Waals surface area (Å²) >= 11 is 5.34. The molecule has 0 spiro atoms. The van der Waals surface area contributed by atoms with Crippen LogP contribution in [0.1, 0.15) is 4.88 Å². The van der Waals surface area contributed by atoms with Gasteiger partial charge in [-0.15, -0.1) is 34.0 Å². The first kappa shape index (κ1) is 12.1. The van der Waals surface area contributed by atoms with Gasteiger partial charge in [-0.3, -0.25) is 0 Å². The largest absolute Gasteiger partial charge is 0.391 e. The van der Waals surface area contributed by atoms with Crippen LogP contribution in [-0.4, -0.2) is 5.11 Å². The van der Waals surface area contributed by atoms with Gasteiger partial charge in [0.05, 0.1) is 6.61 Å². The monoisotopic (exact) mass is 326 g/mol. The Balaban J connectivity index is 2.12. The number of hydrogen-bond acceptors (Lipinski definition) is 4. The lowest BCUT2D eigenvalue weighted by atomic mass is 10.1. The van der Waals surface area contributed by atoms with E-state index in [2.05, 4.69) is 41.8 Å². The number of aliphatic hydroxyl groups is 1. The van der Waals surface area contributed by atoms with E-state index in [0.29, 0.717) is 0 Å². The summed E-state index contributed by atoms with van der Waals surface area (Å²) < 4.78 is 5.29. The fraction of sp³-hybridized carbons (Fsp3) is 0.0588. The molecule has 0 atom stereocenters. The van der Waals surface area contributed by atoms with Crippen molar-refractivity contribution in [1.29, 1.82) is 0 Å². The van der Waals surface area contributed by atoms with Crippen molar-refractivity contribution in [2.45, 2.75) is 6.61 Å². The standard InChI is InChI=1S/C17H10OS3/c18-8-9-7-11-13(20-9)2-4-15-17(11)16-10-5-6-19-12(10)1-3-14(16)21-15/h1-7,18H,8H2. The second-order valence-electron chi connectivity index (χ2n) is 5.09. The van der Waals surface area contributed by atoms with Gasteiger partial charge >= 0.3 is 0 Å². The van der Waals surface area contributed by atoms with Crippen molar-refractivity contribution in [3.63, 3.8) is 0 Å². The fourth-order valence-corrected chi connectivity index (χ4v) is 5.91. The molecule has 0 amide bonds. The Morgan fingerprint density at radius 3 is 2.29 bits per heavy atom. The minimum absolute atomic E-state index is 0.122. The molecule has 4 heteroatoms. The van der Waals surface area contributed by atoms with Gasteiger partial charge in [0, 0.05) is 45.2 Å². The Labute approximate surface area is 132 Å². The van der Waals surface area contributed by atoms with Crippen molar-refractivity contribution in [2.24, 2.45) is 0 Å². The molecule has 1 nitrogen and oxygen atoms in total. The molecule has 0 aliphatic heterocycles. The Hall–Kier alpha value is -1.46. The van der Waals surface area contributed by atoms with Crippen molar-refractivity contribution in [3.8, 4) is 0 Å². The molecule has 1 N–H and O–H groups in total. The van der Waals surface area contributed by atoms with Crippen LogP contribution in [0.2, 0.25) is 0 Å². The second kappa shape index (κ2) is 4.27. The molecule has 21 heavy (non-hydrogen) atoms. The Morgan fingerprint density at radius 2 is 1.48 bits per heavy atom. The lowest BCUT2D eigenvalue weighted by Crippen LogP contribution is -1.72. The van der Waals surface area contributed by atoms with Gasteiger partial charge in [-0.25, -0.2) is 0 Å². The molecule has 102 valence electrons. The van der Waals surface area contributed by atoms with E-state index in [9.17, 15) is 5.11 Å². The summed E-state index contributed by atoms with van der Waals surface area (Å²) in [6.07, 6.45) is 0. The molecular weight excluding hydrogens is 316 g/mol. The summed E-state index contributed by atoms with van der Waals surface area (Å²) in [7, 11) is 0. The molecule has 3 aromatic heterocycles. The molecule has 5 aromatic rings. The van der Waals surface area contributed by atoms with Crippen molar-refractivity contribution in [1.82, 2.24) is 0 Å². The van der Waals surface area contributed by atoms with Crippen molar-refractivity contribution in [3.05, 3.63) is 46.7 Å². The van der Waals surface area contributed by atoms with E-state index in [0.717, 1.165) is 4.88 Å². The molecule has 2 aromatic carbocycles. The molecular formula is C17H10OS3. The van der Waals surface area contributed by atoms with Crippen molar-refractivity contribution in [2.75, 3.05) is 0 Å². The summed E-state index contributed by atoms with van der Waals surface area (Å²) in [5, 5.41) is 17.0. The highest BCUT2D eigenvalue weighted by Crippen LogP contribution is 2.44. The third kappa shape index (κ3) is 1.59. The summed E-state index contributed by atoms with van der Waals surface area (Å²) in [6.45, 7) is 0.122. The Kier molecular flexibility index (Phi) is 2.47. The number of thiophene rings is 3. The van der Waals surface area contributed by atoms with Crippen LogP contribution in [0.15, 0.2) is 41.8 Å². The average molecular weight is 326 g/mol. The second-order valence-corrected chi connectivity index (χ2v) is 8.29. The van der Waals surface area contributed by atoms with E-state index in [1.807, 2.05) is 11.3 Å². The predicted molar refractivity (Wildman–Crippen MR) is 96.0 cm³/mol. The summed E-state index contributed by atoms with van der Waals surface area (Å²) in [5.74, 6) is 0. The molecule has 5 rings (SSSR count). The lowest BCUT2D eigenvalue weighted by molar-refractivity contribution is 0.285. The molecule has 0 saturated carbocycles. The van der Waals surface area contributed by atoms with Crippen LogP contribution in [0, 0.1) is 0 Å². The SMILES string of the molecule is OCc1cc2c(ccc3sc4ccc5sccc5c4c32)s1. The maximum atomic E-state index is 9.43. The van der Waals surface area contributed by atoms with Gasteiger partial charge in [-0.05, 0) is 41.8 Å². The van der Waals surface area contributed by atoms with E-state index in [4.69, 9.17) is 0 Å². The Bertz CT molecular complexity index is 1130. The van der Waals surface area contributed by atoms with Crippen LogP contribution in [0.25, 0.3) is 40.3 Å². The highest BCUT2D eigenvalue weighted by Gasteiger charge is 2.13. The molecule has 0 aliphatic rings. The van der Waals surface area contributed by atoms with Crippen molar-refractivity contribution >= 4 is 74.4 Å². The van der Waals surface area contributed by atoms with Gasteiger partial charge in [-0.1, -0.05) is 0 Å². The molecule has 0 bridgehead atoms. The lowest BCUT2D eigenvalue weighted by Gasteiger charge is -1.97. The highest BCUT2D eigenvalue weighted by atomic mass is 32.1. The van der Waals surface area contributed by atoms with Gasteiger partial charge in [-0.2, -0.15) is 0 Å². The summed E-state index contributed by atoms with van der Waals surface area (Å²) in [5.41, 5.74) is 0. The minimum atomic E-state index is 0.122. The van der Waals surface area contributed by atoms with Gasteiger partial charge in [0.25, 0.3) is 0 Å². The number of aliphatic hydroxyl groups excluding tert-OH is 1. The van der Waals surface area contributed by atoms with E-state index in [1.54, 1.807) is 22.7 Å². The normalized spacial score (nSPS) is 12.2. The van der Waals surface area contributed by atoms with Crippen LogP contribution in [0.3, 0.4) is 0 Å². The van der Waals surface area contributed by atoms with E-state index in [-0.39, 0.29) is 6.61 Å². The fourth-order valence-electron chi connectivity index (χ4n) is 3.05. The minimum Gasteiger partial charge on any atom is -0.391 e. The third-order valence-electron chi connectivity index (χ3n) is 3.94. The topological polar surface area (TPSA) is 20.2 Å². The van der Waals surface area contributed by atoms with Crippen molar-refractivity contribution < 1.29 is 5.11 Å². The van der Waals surface area contributed by atoms with E-state index >= 15 is 0 Å². The van der Waals surface area contributed by atoms with E-state index < -0.39 is 0 Å². The smallest absolute Gasteiger partial charge is 0.0774 e. The van der Waals surface area contributed by atoms with Gasteiger partial charge in [0.1, 0.15) is 0 Å². The molecule has 0 unspecified atom stereocenters. The number of benzene rings is 2. The zero-order valence-corrected chi connectivity index (χ0v) is 13.4. The zero-order valence-electron chi connectivity index (χ0n) is 10.9. The molecule has 0 radical (unpaired) electrons. The zero-order chi connectivity index (χ0) is 14.0. The summed E-state index contributed by atoms with van der Waals surface area (Å²) in [6, 6.07) is 13.2. The molecule has 0 fully saturated rings. The number of fused-ring (bicyclic) bond motifs is 7. The maximum Gasteiger partial charge on any atom is 0.0774 e. The molecule has 0 aliphatic carbocycles. The van der Waals surface area contributed by atoms with Gasteiger partial charge < -0.3 is 5.11 Å². The van der Waals surface area contributed by atoms with Crippen LogP contribution >= 0.6 is 34.0 Å². The third-order valence-corrected chi connectivity index (χ3v) is 7.02. The number of hydrogen-bond donors (Lipinski definition) is 1. The van der Waals surface area contributed by atoms with Gasteiger partial charge in [0.15, 0.2) is 0 Å². The first-order valence-corrected chi connectivity index (χ1v) is 9.21.